The molecule has 0 amide bonds. The standard InChI is InChI=1S/C16H31N5O2.HI/c1-6-17-16(18-7-8-21(4)9-10-22-5)19-12-14-11-15(13(2)3)20-23-14;/h11,13H,6-10,12H2,1-5H3,(H2,17,18,19);1H. The second-order valence-electron chi connectivity index (χ2n) is 5.79. The molecule has 2 N–H and O–H groups in total. The molecule has 0 fully saturated rings. The SMILES string of the molecule is CCNC(=NCc1cc(C(C)C)no1)NCCN(C)CCOC.I. The molecule has 7 nitrogen and oxygen atoms in total. The highest BCUT2D eigenvalue weighted by Crippen LogP contribution is 2.14. The minimum Gasteiger partial charge on any atom is -0.383 e. The molecular weight excluding hydrogens is 421 g/mol. The molecule has 0 bridgehead atoms. The maximum Gasteiger partial charge on any atom is 0.191 e. The predicted octanol–water partition coefficient (Wildman–Crippen LogP) is 2.05. The van der Waals surface area contributed by atoms with Crippen molar-refractivity contribution in [2.24, 2.45) is 4.99 Å². The molecule has 0 unspecified atom stereocenters. The lowest BCUT2D eigenvalue weighted by molar-refractivity contribution is 0.162. The molecule has 0 aliphatic carbocycles. The summed E-state index contributed by atoms with van der Waals surface area (Å²) in [6.45, 7) is 10.9. The van der Waals surface area contributed by atoms with Gasteiger partial charge in [-0.15, -0.1) is 24.0 Å². The Bertz CT molecular complexity index is 465. The second kappa shape index (κ2) is 13.4. The van der Waals surface area contributed by atoms with Gasteiger partial charge in [0.05, 0.1) is 12.3 Å². The lowest BCUT2D eigenvalue weighted by Crippen LogP contribution is -2.41. The van der Waals surface area contributed by atoms with E-state index in [-0.39, 0.29) is 24.0 Å². The Morgan fingerprint density at radius 3 is 2.71 bits per heavy atom. The normalized spacial score (nSPS) is 11.7. The van der Waals surface area contributed by atoms with Gasteiger partial charge in [-0.25, -0.2) is 4.99 Å². The largest absolute Gasteiger partial charge is 0.383 e. The van der Waals surface area contributed by atoms with Crippen LogP contribution in [0.15, 0.2) is 15.6 Å². The lowest BCUT2D eigenvalue weighted by Gasteiger charge is -2.17. The van der Waals surface area contributed by atoms with Crippen molar-refractivity contribution in [2.45, 2.75) is 33.2 Å². The first kappa shape index (κ1) is 23.1. The molecule has 0 spiro atoms. The van der Waals surface area contributed by atoms with Crippen molar-refractivity contribution in [3.05, 3.63) is 17.5 Å². The summed E-state index contributed by atoms with van der Waals surface area (Å²) in [6.07, 6.45) is 0. The van der Waals surface area contributed by atoms with Gasteiger partial charge >= 0.3 is 0 Å². The van der Waals surface area contributed by atoms with Crippen LogP contribution in [0.25, 0.3) is 0 Å². The highest BCUT2D eigenvalue weighted by Gasteiger charge is 2.07. The molecule has 140 valence electrons. The Labute approximate surface area is 162 Å². The average Bonchev–Trinajstić information content (AvgIpc) is 2.99. The zero-order valence-electron chi connectivity index (χ0n) is 15.5. The number of rotatable bonds is 10. The Morgan fingerprint density at radius 1 is 1.38 bits per heavy atom. The molecular formula is C16H32IN5O2. The van der Waals surface area contributed by atoms with E-state index in [2.05, 4.69) is 46.6 Å². The van der Waals surface area contributed by atoms with Gasteiger partial charge in [-0.1, -0.05) is 19.0 Å². The first-order chi connectivity index (χ1) is 11.1. The Hall–Kier alpha value is -0.870. The summed E-state index contributed by atoms with van der Waals surface area (Å²) in [6, 6.07) is 1.97. The van der Waals surface area contributed by atoms with Crippen molar-refractivity contribution in [2.75, 3.05) is 46.9 Å². The molecule has 0 atom stereocenters. The molecule has 0 aromatic carbocycles. The quantitative estimate of drug-likeness (QED) is 0.321. The number of aromatic nitrogens is 1. The van der Waals surface area contributed by atoms with E-state index in [1.807, 2.05) is 13.0 Å². The molecule has 24 heavy (non-hydrogen) atoms. The van der Waals surface area contributed by atoms with Gasteiger partial charge in [-0.3, -0.25) is 0 Å². The van der Waals surface area contributed by atoms with E-state index in [0.29, 0.717) is 12.5 Å². The Kier molecular flexibility index (Phi) is 12.9. The molecule has 1 aromatic rings. The van der Waals surface area contributed by atoms with Gasteiger partial charge in [0.1, 0.15) is 6.54 Å². The molecule has 1 aromatic heterocycles. The molecule has 0 radical (unpaired) electrons. The fourth-order valence-corrected chi connectivity index (χ4v) is 1.90. The van der Waals surface area contributed by atoms with Gasteiger partial charge in [0.25, 0.3) is 0 Å². The number of nitrogens with one attached hydrogen (secondary N) is 2. The lowest BCUT2D eigenvalue weighted by atomic mass is 10.1. The third kappa shape index (κ3) is 9.43. The maximum absolute atomic E-state index is 5.31. The fourth-order valence-electron chi connectivity index (χ4n) is 1.90. The summed E-state index contributed by atoms with van der Waals surface area (Å²) < 4.78 is 10.4. The zero-order valence-corrected chi connectivity index (χ0v) is 17.8. The molecule has 1 heterocycles. The number of ether oxygens (including phenoxy) is 1. The van der Waals surface area contributed by atoms with E-state index in [0.717, 1.165) is 50.2 Å². The van der Waals surface area contributed by atoms with Gasteiger partial charge in [-0.05, 0) is 19.9 Å². The van der Waals surface area contributed by atoms with Crippen molar-refractivity contribution in [3.63, 3.8) is 0 Å². The summed E-state index contributed by atoms with van der Waals surface area (Å²) >= 11 is 0. The number of nitrogens with zero attached hydrogens (tertiary/aromatic N) is 3. The molecule has 0 saturated carbocycles. The first-order valence-electron chi connectivity index (χ1n) is 8.22. The van der Waals surface area contributed by atoms with E-state index < -0.39 is 0 Å². The van der Waals surface area contributed by atoms with Crippen LogP contribution in [0.3, 0.4) is 0 Å². The van der Waals surface area contributed by atoms with Crippen LogP contribution in [0.2, 0.25) is 0 Å². The van der Waals surface area contributed by atoms with Crippen molar-refractivity contribution >= 4 is 29.9 Å². The fraction of sp³-hybridized carbons (Fsp3) is 0.750. The predicted molar refractivity (Wildman–Crippen MR) is 108 cm³/mol. The number of methoxy groups -OCH3 is 1. The van der Waals surface area contributed by atoms with E-state index >= 15 is 0 Å². The van der Waals surface area contributed by atoms with E-state index in [1.165, 1.54) is 0 Å². The van der Waals surface area contributed by atoms with Crippen molar-refractivity contribution in [3.8, 4) is 0 Å². The molecule has 8 heteroatoms. The summed E-state index contributed by atoms with van der Waals surface area (Å²) in [5.74, 6) is 1.93. The van der Waals surface area contributed by atoms with E-state index in [9.17, 15) is 0 Å². The first-order valence-corrected chi connectivity index (χ1v) is 8.22. The summed E-state index contributed by atoms with van der Waals surface area (Å²) in [4.78, 5) is 6.75. The second-order valence-corrected chi connectivity index (χ2v) is 5.79. The van der Waals surface area contributed by atoms with Crippen LogP contribution in [-0.4, -0.2) is 63.0 Å². The highest BCUT2D eigenvalue weighted by molar-refractivity contribution is 14.0. The minimum absolute atomic E-state index is 0. The smallest absolute Gasteiger partial charge is 0.191 e. The summed E-state index contributed by atoms with van der Waals surface area (Å²) in [7, 11) is 3.79. The van der Waals surface area contributed by atoms with Gasteiger partial charge in [-0.2, -0.15) is 0 Å². The van der Waals surface area contributed by atoms with Crippen molar-refractivity contribution < 1.29 is 9.26 Å². The van der Waals surface area contributed by atoms with Crippen LogP contribution in [0.5, 0.6) is 0 Å². The monoisotopic (exact) mass is 453 g/mol. The van der Waals surface area contributed by atoms with Gasteiger partial charge in [0, 0.05) is 39.4 Å². The number of hydrogen-bond donors (Lipinski definition) is 2. The molecule has 0 aliphatic heterocycles. The van der Waals surface area contributed by atoms with E-state index in [4.69, 9.17) is 9.26 Å². The maximum atomic E-state index is 5.31. The number of likely N-dealkylation sites (N-methyl/N-ethyl adjacent to an activating group) is 1. The van der Waals surface area contributed by atoms with Crippen LogP contribution in [-0.2, 0) is 11.3 Å². The molecule has 1 rings (SSSR count). The third-order valence-electron chi connectivity index (χ3n) is 3.37. The molecule has 0 aliphatic rings. The number of hydrogen-bond acceptors (Lipinski definition) is 5. The van der Waals surface area contributed by atoms with E-state index in [1.54, 1.807) is 7.11 Å². The zero-order chi connectivity index (χ0) is 17.1. The third-order valence-corrected chi connectivity index (χ3v) is 3.37. The Balaban J connectivity index is 0.00000529. The molecule has 0 saturated heterocycles. The van der Waals surface area contributed by atoms with Crippen LogP contribution in [0, 0.1) is 0 Å². The summed E-state index contributed by atoms with van der Waals surface area (Å²) in [5, 5.41) is 10.6. The van der Waals surface area contributed by atoms with Gasteiger partial charge < -0.3 is 24.8 Å². The van der Waals surface area contributed by atoms with Gasteiger partial charge in [0.15, 0.2) is 11.7 Å². The average molecular weight is 453 g/mol. The van der Waals surface area contributed by atoms with Crippen LogP contribution in [0.4, 0.5) is 0 Å². The van der Waals surface area contributed by atoms with Gasteiger partial charge in [0.2, 0.25) is 0 Å². The van der Waals surface area contributed by atoms with Crippen LogP contribution in [0.1, 0.15) is 38.1 Å². The van der Waals surface area contributed by atoms with Crippen molar-refractivity contribution in [1.29, 1.82) is 0 Å². The summed E-state index contributed by atoms with van der Waals surface area (Å²) in [5.41, 5.74) is 0.966. The Morgan fingerprint density at radius 2 is 2.12 bits per heavy atom. The minimum atomic E-state index is 0. The number of aliphatic imine (C=N–C) groups is 1. The number of guanidine groups is 1. The highest BCUT2D eigenvalue weighted by atomic mass is 127. The topological polar surface area (TPSA) is 74.9 Å². The van der Waals surface area contributed by atoms with Crippen molar-refractivity contribution in [1.82, 2.24) is 20.7 Å². The van der Waals surface area contributed by atoms with Crippen LogP contribution >= 0.6 is 24.0 Å². The van der Waals surface area contributed by atoms with Crippen LogP contribution < -0.4 is 10.6 Å². The number of halogens is 1.